The van der Waals surface area contributed by atoms with Gasteiger partial charge in [0.2, 0.25) is 17.0 Å². The summed E-state index contributed by atoms with van der Waals surface area (Å²) in [6.45, 7) is 8.78. The minimum Gasteiger partial charge on any atom is -0.456 e. The highest BCUT2D eigenvalue weighted by atomic mass is 35.5. The van der Waals surface area contributed by atoms with Crippen LogP contribution in [-0.2, 0) is 58.1 Å². The van der Waals surface area contributed by atoms with E-state index >= 15 is 0 Å². The molecule has 0 aliphatic rings. The second kappa shape index (κ2) is 14.4. The number of hydrogen-bond acceptors (Lipinski definition) is 8. The number of hydrogen-bond donors (Lipinski definition) is 2. The molecule has 11 nitrogen and oxygen atoms in total. The third kappa shape index (κ3) is 9.92. The van der Waals surface area contributed by atoms with E-state index in [1.54, 1.807) is 58.2 Å². The lowest BCUT2D eigenvalue weighted by atomic mass is 10.1. The molecule has 0 radical (unpaired) electrons. The van der Waals surface area contributed by atoms with Gasteiger partial charge in [-0.05, 0) is 74.2 Å². The maximum absolute atomic E-state index is 13.2. The monoisotopic (exact) mass is 620 g/mol. The first-order chi connectivity index (χ1) is 19.7. The summed E-state index contributed by atoms with van der Waals surface area (Å²) in [5.74, 6) is -0.673. The van der Waals surface area contributed by atoms with E-state index in [0.717, 1.165) is 5.56 Å². The third-order valence-electron chi connectivity index (χ3n) is 5.99. The van der Waals surface area contributed by atoms with E-state index < -0.39 is 17.7 Å². The van der Waals surface area contributed by atoms with Gasteiger partial charge in [0.1, 0.15) is 11.3 Å². The molecule has 226 valence electrons. The van der Waals surface area contributed by atoms with Crippen LogP contribution in [0.2, 0.25) is 10.2 Å². The van der Waals surface area contributed by atoms with Gasteiger partial charge in [-0.15, -0.1) is 0 Å². The number of oxazole rings is 1. The zero-order valence-corrected chi connectivity index (χ0v) is 25.6. The molecule has 0 spiro atoms. The highest BCUT2D eigenvalue weighted by molar-refractivity contribution is 6.30. The van der Waals surface area contributed by atoms with Crippen molar-refractivity contribution in [1.29, 1.82) is 0 Å². The number of halogens is 2. The number of benzene rings is 1. The molecule has 13 heteroatoms. The van der Waals surface area contributed by atoms with Crippen LogP contribution in [0.4, 0.5) is 4.79 Å². The quantitative estimate of drug-likeness (QED) is 0.295. The van der Waals surface area contributed by atoms with Crippen LogP contribution in [0.3, 0.4) is 0 Å². The molecule has 2 N–H and O–H groups in total. The van der Waals surface area contributed by atoms with Gasteiger partial charge in [0.15, 0.2) is 6.61 Å². The van der Waals surface area contributed by atoms with Gasteiger partial charge in [0, 0.05) is 49.8 Å². The van der Waals surface area contributed by atoms with Crippen LogP contribution in [0.5, 0.6) is 0 Å². The summed E-state index contributed by atoms with van der Waals surface area (Å²) in [5.41, 5.74) is 1.99. The Morgan fingerprint density at radius 2 is 1.79 bits per heavy atom. The van der Waals surface area contributed by atoms with E-state index in [4.69, 9.17) is 37.1 Å². The van der Waals surface area contributed by atoms with Crippen molar-refractivity contribution in [1.82, 2.24) is 20.2 Å². The summed E-state index contributed by atoms with van der Waals surface area (Å²) in [7, 11) is 0. The fraction of sp³-hybridized carbons (Fsp3) is 0.414. The maximum Gasteiger partial charge on any atom is 0.407 e. The molecule has 0 saturated carbocycles. The van der Waals surface area contributed by atoms with Crippen LogP contribution in [0.15, 0.2) is 39.7 Å². The van der Waals surface area contributed by atoms with Crippen molar-refractivity contribution in [3.63, 3.8) is 0 Å². The van der Waals surface area contributed by atoms with E-state index in [1.165, 1.54) is 11.5 Å². The normalized spacial score (nSPS) is 11.2. The average Bonchev–Trinajstić information content (AvgIpc) is 3.25. The lowest BCUT2D eigenvalue weighted by Crippen LogP contribution is -2.33. The zero-order chi connectivity index (χ0) is 31.0. The van der Waals surface area contributed by atoms with Crippen molar-refractivity contribution < 1.29 is 28.3 Å². The highest BCUT2D eigenvalue weighted by Crippen LogP contribution is 2.19. The lowest BCUT2D eigenvalue weighted by Gasteiger charge is -2.20. The Bertz CT molecular complexity index is 1510. The van der Waals surface area contributed by atoms with Gasteiger partial charge in [0.05, 0.1) is 6.42 Å². The second-order valence-electron chi connectivity index (χ2n) is 10.6. The van der Waals surface area contributed by atoms with Crippen molar-refractivity contribution in [2.45, 2.75) is 79.3 Å². The Hall–Kier alpha value is -3.83. The molecule has 3 aromatic rings. The minimum absolute atomic E-state index is 0.0543. The van der Waals surface area contributed by atoms with Crippen molar-refractivity contribution in [3.8, 4) is 0 Å². The standard InChI is InChI=1S/C29H34Cl2N4O7/c1-17-8-10-35(11-9-23-26(31)41-25(34-23)16-40-18(2)36)27(38)22(17)13-24(37)32-15-20-12-21(30)7-6-19(20)14-33-28(39)42-29(3,4)5/h6-8,10,12H,9,11,13-16H2,1-5H3,(H,32,37)(H,33,39). The summed E-state index contributed by atoms with van der Waals surface area (Å²) in [6, 6.07) is 6.93. The molecule has 2 amide bonds. The number of aromatic nitrogens is 2. The van der Waals surface area contributed by atoms with Gasteiger partial charge in [-0.1, -0.05) is 17.7 Å². The van der Waals surface area contributed by atoms with E-state index in [-0.39, 0.29) is 61.7 Å². The Morgan fingerprint density at radius 3 is 2.48 bits per heavy atom. The van der Waals surface area contributed by atoms with Gasteiger partial charge in [0.25, 0.3) is 5.56 Å². The van der Waals surface area contributed by atoms with Gasteiger partial charge in [-0.25, -0.2) is 9.78 Å². The van der Waals surface area contributed by atoms with Crippen molar-refractivity contribution >= 4 is 41.2 Å². The Kier molecular flexibility index (Phi) is 11.2. The number of carbonyl (C=O) groups is 3. The fourth-order valence-corrected chi connectivity index (χ4v) is 4.34. The summed E-state index contributed by atoms with van der Waals surface area (Å²) < 4.78 is 16.9. The van der Waals surface area contributed by atoms with Crippen LogP contribution < -0.4 is 16.2 Å². The van der Waals surface area contributed by atoms with E-state index in [0.29, 0.717) is 27.4 Å². The average molecular weight is 622 g/mol. The van der Waals surface area contributed by atoms with Crippen LogP contribution in [-0.4, -0.2) is 33.1 Å². The predicted molar refractivity (Wildman–Crippen MR) is 156 cm³/mol. The van der Waals surface area contributed by atoms with Crippen molar-refractivity contribution in [3.05, 3.63) is 84.9 Å². The molecule has 1 aromatic carbocycles. The first kappa shape index (κ1) is 32.7. The molecule has 0 aliphatic carbocycles. The molecule has 0 fully saturated rings. The van der Waals surface area contributed by atoms with Gasteiger partial charge >= 0.3 is 12.1 Å². The van der Waals surface area contributed by atoms with Crippen LogP contribution >= 0.6 is 23.2 Å². The number of esters is 1. The summed E-state index contributed by atoms with van der Waals surface area (Å²) >= 11 is 12.3. The molecule has 42 heavy (non-hydrogen) atoms. The first-order valence-corrected chi connectivity index (χ1v) is 13.9. The molecule has 0 unspecified atom stereocenters. The number of pyridine rings is 1. The number of carbonyl (C=O) groups excluding carboxylic acids is 3. The molecule has 2 heterocycles. The largest absolute Gasteiger partial charge is 0.456 e. The number of aryl methyl sites for hydroxylation is 3. The number of nitrogens with one attached hydrogen (secondary N) is 2. The SMILES string of the molecule is CC(=O)OCc1nc(CCn2ccc(C)c(CC(=O)NCc3cc(Cl)ccc3CNC(=O)OC(C)(C)C)c2=O)c(Cl)o1. The number of alkyl carbamates (subject to hydrolysis) is 1. The topological polar surface area (TPSA) is 142 Å². The first-order valence-electron chi connectivity index (χ1n) is 13.2. The minimum atomic E-state index is -0.631. The molecule has 2 aromatic heterocycles. The number of nitrogens with zero attached hydrogens (tertiary/aromatic N) is 2. The lowest BCUT2D eigenvalue weighted by molar-refractivity contribution is -0.142. The smallest absolute Gasteiger partial charge is 0.407 e. The van der Waals surface area contributed by atoms with E-state index in [2.05, 4.69) is 15.6 Å². The summed E-state index contributed by atoms with van der Waals surface area (Å²) in [4.78, 5) is 53.4. The van der Waals surface area contributed by atoms with Gasteiger partial charge < -0.3 is 29.1 Å². The molecular weight excluding hydrogens is 587 g/mol. The van der Waals surface area contributed by atoms with Crippen molar-refractivity contribution in [2.75, 3.05) is 0 Å². The van der Waals surface area contributed by atoms with E-state index in [1.807, 2.05) is 0 Å². The number of rotatable bonds is 11. The Labute approximate surface area is 253 Å². The van der Waals surface area contributed by atoms with Crippen LogP contribution in [0.1, 0.15) is 61.5 Å². The Balaban J connectivity index is 1.63. The second-order valence-corrected chi connectivity index (χ2v) is 11.3. The molecule has 0 atom stereocenters. The fourth-order valence-electron chi connectivity index (χ4n) is 3.92. The van der Waals surface area contributed by atoms with Gasteiger partial charge in [-0.3, -0.25) is 14.4 Å². The molecular formula is C29H34Cl2N4O7. The predicted octanol–water partition coefficient (Wildman–Crippen LogP) is 4.64. The van der Waals surface area contributed by atoms with Crippen LogP contribution in [0, 0.1) is 6.92 Å². The zero-order valence-electron chi connectivity index (χ0n) is 24.1. The maximum atomic E-state index is 13.2. The highest BCUT2D eigenvalue weighted by Gasteiger charge is 2.18. The number of ether oxygens (including phenoxy) is 2. The van der Waals surface area contributed by atoms with Crippen molar-refractivity contribution in [2.24, 2.45) is 0 Å². The van der Waals surface area contributed by atoms with Gasteiger partial charge in [-0.2, -0.15) is 0 Å². The Morgan fingerprint density at radius 1 is 1.07 bits per heavy atom. The molecule has 0 aliphatic heterocycles. The van der Waals surface area contributed by atoms with Crippen LogP contribution in [0.25, 0.3) is 0 Å². The summed E-state index contributed by atoms with van der Waals surface area (Å²) in [6.07, 6.45) is 1.24. The number of amides is 2. The van der Waals surface area contributed by atoms with E-state index in [9.17, 15) is 19.2 Å². The molecule has 3 rings (SSSR count). The summed E-state index contributed by atoms with van der Waals surface area (Å²) in [5, 5.41) is 6.07. The third-order valence-corrected chi connectivity index (χ3v) is 6.52. The molecule has 0 saturated heterocycles. The molecule has 0 bridgehead atoms.